The van der Waals surface area contributed by atoms with Gasteiger partial charge in [0.2, 0.25) is 5.91 Å². The van der Waals surface area contributed by atoms with Crippen molar-refractivity contribution in [2.24, 2.45) is 0 Å². The Bertz CT molecular complexity index is 979. The monoisotopic (exact) mass is 421 g/mol. The summed E-state index contributed by atoms with van der Waals surface area (Å²) in [6.45, 7) is 3.13. The molecule has 3 heterocycles. The molecule has 0 bridgehead atoms. The number of halogens is 1. The highest BCUT2D eigenvalue weighted by Gasteiger charge is 2.29. The van der Waals surface area contributed by atoms with Crippen molar-refractivity contribution >= 4 is 21.6 Å². The van der Waals surface area contributed by atoms with E-state index in [2.05, 4.69) is 4.98 Å². The van der Waals surface area contributed by atoms with Crippen LogP contribution in [0.15, 0.2) is 41.8 Å². The van der Waals surface area contributed by atoms with Gasteiger partial charge in [0, 0.05) is 45.5 Å². The fourth-order valence-corrected chi connectivity index (χ4v) is 5.23. The number of piperazine rings is 1. The van der Waals surface area contributed by atoms with Crippen LogP contribution in [0.3, 0.4) is 0 Å². The molecule has 2 aromatic rings. The SMILES string of the molecule is O=C(Cn1cnc(S(=O)(=O)N2CCCC2)c1)N1CCN(c2ccccc2F)CC1. The average Bonchev–Trinajstić information content (AvgIpc) is 3.41. The van der Waals surface area contributed by atoms with Gasteiger partial charge in [-0.3, -0.25) is 4.79 Å². The molecule has 0 aliphatic carbocycles. The molecule has 2 saturated heterocycles. The lowest BCUT2D eigenvalue weighted by Crippen LogP contribution is -2.49. The van der Waals surface area contributed by atoms with E-state index in [4.69, 9.17) is 0 Å². The number of rotatable bonds is 5. The Hall–Kier alpha value is -2.46. The van der Waals surface area contributed by atoms with Gasteiger partial charge < -0.3 is 14.4 Å². The van der Waals surface area contributed by atoms with E-state index >= 15 is 0 Å². The molecule has 4 rings (SSSR count). The summed E-state index contributed by atoms with van der Waals surface area (Å²) in [7, 11) is -3.59. The fourth-order valence-electron chi connectivity index (χ4n) is 3.78. The maximum absolute atomic E-state index is 13.9. The van der Waals surface area contributed by atoms with E-state index in [9.17, 15) is 17.6 Å². The number of carbonyl (C=O) groups is 1. The van der Waals surface area contributed by atoms with Crippen molar-refractivity contribution in [3.05, 3.63) is 42.6 Å². The highest BCUT2D eigenvalue weighted by atomic mass is 32.2. The maximum atomic E-state index is 13.9. The minimum Gasteiger partial charge on any atom is -0.366 e. The smallest absolute Gasteiger partial charge is 0.262 e. The Morgan fingerprint density at radius 3 is 2.41 bits per heavy atom. The van der Waals surface area contributed by atoms with Crippen molar-refractivity contribution in [1.82, 2.24) is 18.8 Å². The molecule has 10 heteroatoms. The summed E-state index contributed by atoms with van der Waals surface area (Å²) in [6.07, 6.45) is 4.52. The van der Waals surface area contributed by atoms with Crippen LogP contribution in [0.2, 0.25) is 0 Å². The van der Waals surface area contributed by atoms with Crippen LogP contribution >= 0.6 is 0 Å². The topological polar surface area (TPSA) is 78.7 Å². The lowest BCUT2D eigenvalue weighted by atomic mass is 10.2. The summed E-state index contributed by atoms with van der Waals surface area (Å²) in [5.41, 5.74) is 0.547. The average molecular weight is 421 g/mol. The number of imidazole rings is 1. The Morgan fingerprint density at radius 2 is 1.72 bits per heavy atom. The van der Waals surface area contributed by atoms with Gasteiger partial charge in [0.25, 0.3) is 10.0 Å². The number of anilines is 1. The molecular formula is C19H24FN5O3S. The van der Waals surface area contributed by atoms with Crippen LogP contribution in [0.4, 0.5) is 10.1 Å². The summed E-state index contributed by atoms with van der Waals surface area (Å²) < 4.78 is 42.0. The first-order valence-corrected chi connectivity index (χ1v) is 11.2. The summed E-state index contributed by atoms with van der Waals surface area (Å²) in [5, 5.41) is -0.0171. The summed E-state index contributed by atoms with van der Waals surface area (Å²) in [4.78, 5) is 20.3. The molecule has 0 unspecified atom stereocenters. The van der Waals surface area contributed by atoms with Gasteiger partial charge in [-0.25, -0.2) is 17.8 Å². The molecule has 0 atom stereocenters. The highest BCUT2D eigenvalue weighted by molar-refractivity contribution is 7.89. The molecule has 0 saturated carbocycles. The normalized spacial score (nSPS) is 18.4. The predicted octanol–water partition coefficient (Wildman–Crippen LogP) is 1.16. The number of nitrogens with zero attached hydrogens (tertiary/aromatic N) is 5. The number of amides is 1. The van der Waals surface area contributed by atoms with Crippen LogP contribution in [-0.2, 0) is 21.4 Å². The number of benzene rings is 1. The second-order valence-electron chi connectivity index (χ2n) is 7.31. The molecule has 0 radical (unpaired) electrons. The molecular weight excluding hydrogens is 397 g/mol. The lowest BCUT2D eigenvalue weighted by molar-refractivity contribution is -0.132. The molecule has 2 aliphatic rings. The standard InChI is InChI=1S/C19H24FN5O3S/c20-16-5-1-2-6-17(16)23-9-11-24(12-10-23)19(26)14-22-13-18(21-15-22)29(27,28)25-7-3-4-8-25/h1-2,5-6,13,15H,3-4,7-12,14H2. The number of hydrogen-bond donors (Lipinski definition) is 0. The zero-order chi connectivity index (χ0) is 20.4. The van der Waals surface area contributed by atoms with Crippen molar-refractivity contribution in [3.8, 4) is 0 Å². The molecule has 2 aliphatic heterocycles. The van der Waals surface area contributed by atoms with Crippen LogP contribution in [-0.4, -0.2) is 72.3 Å². The summed E-state index contributed by atoms with van der Waals surface area (Å²) in [6, 6.07) is 6.62. The third kappa shape index (κ3) is 4.13. The number of aromatic nitrogens is 2. The second-order valence-corrected chi connectivity index (χ2v) is 9.20. The van der Waals surface area contributed by atoms with Gasteiger partial charge in [-0.2, -0.15) is 4.31 Å². The van der Waals surface area contributed by atoms with E-state index in [1.54, 1.807) is 23.1 Å². The first-order valence-electron chi connectivity index (χ1n) is 9.74. The van der Waals surface area contributed by atoms with E-state index in [-0.39, 0.29) is 23.3 Å². The Balaban J connectivity index is 1.35. The van der Waals surface area contributed by atoms with Crippen molar-refractivity contribution in [2.75, 3.05) is 44.2 Å². The van der Waals surface area contributed by atoms with Gasteiger partial charge in [0.05, 0.1) is 12.0 Å². The number of hydrogen-bond acceptors (Lipinski definition) is 5. The van der Waals surface area contributed by atoms with Crippen LogP contribution in [0, 0.1) is 5.82 Å². The third-order valence-corrected chi connectivity index (χ3v) is 7.21. The Morgan fingerprint density at radius 1 is 1.03 bits per heavy atom. The molecule has 8 nitrogen and oxygen atoms in total. The quantitative estimate of drug-likeness (QED) is 0.724. The molecule has 1 amide bonds. The predicted molar refractivity (Wildman–Crippen MR) is 105 cm³/mol. The molecule has 1 aromatic carbocycles. The van der Waals surface area contributed by atoms with Crippen molar-refractivity contribution in [1.29, 1.82) is 0 Å². The van der Waals surface area contributed by atoms with Gasteiger partial charge in [0.1, 0.15) is 12.4 Å². The summed E-state index contributed by atoms with van der Waals surface area (Å²) in [5.74, 6) is -0.377. The molecule has 2 fully saturated rings. The number of sulfonamides is 1. The van der Waals surface area contributed by atoms with Gasteiger partial charge >= 0.3 is 0 Å². The van der Waals surface area contributed by atoms with Crippen LogP contribution in [0.5, 0.6) is 0 Å². The largest absolute Gasteiger partial charge is 0.366 e. The number of carbonyl (C=O) groups excluding carboxylic acids is 1. The minimum absolute atomic E-state index is 0.0171. The molecule has 29 heavy (non-hydrogen) atoms. The highest BCUT2D eigenvalue weighted by Crippen LogP contribution is 2.21. The van der Waals surface area contributed by atoms with E-state index in [1.165, 1.54) is 27.5 Å². The Labute approximate surface area is 169 Å². The molecule has 1 aromatic heterocycles. The zero-order valence-corrected chi connectivity index (χ0v) is 16.9. The van der Waals surface area contributed by atoms with E-state index in [0.29, 0.717) is 45.0 Å². The van der Waals surface area contributed by atoms with Gasteiger partial charge in [-0.1, -0.05) is 12.1 Å². The van der Waals surface area contributed by atoms with E-state index in [0.717, 1.165) is 12.8 Å². The first kappa shape index (κ1) is 19.8. The molecule has 0 N–H and O–H groups in total. The molecule has 156 valence electrons. The summed E-state index contributed by atoms with van der Waals surface area (Å²) >= 11 is 0. The second kappa shape index (κ2) is 8.11. The van der Waals surface area contributed by atoms with Crippen LogP contribution < -0.4 is 4.90 Å². The van der Waals surface area contributed by atoms with Crippen molar-refractivity contribution in [3.63, 3.8) is 0 Å². The zero-order valence-electron chi connectivity index (χ0n) is 16.1. The van der Waals surface area contributed by atoms with Gasteiger partial charge in [-0.15, -0.1) is 0 Å². The van der Waals surface area contributed by atoms with Crippen LogP contribution in [0.25, 0.3) is 0 Å². The fraction of sp³-hybridized carbons (Fsp3) is 0.474. The lowest BCUT2D eigenvalue weighted by Gasteiger charge is -2.36. The van der Waals surface area contributed by atoms with E-state index < -0.39 is 10.0 Å². The van der Waals surface area contributed by atoms with Crippen molar-refractivity contribution in [2.45, 2.75) is 24.4 Å². The third-order valence-electron chi connectivity index (χ3n) is 5.42. The van der Waals surface area contributed by atoms with Crippen molar-refractivity contribution < 1.29 is 17.6 Å². The van der Waals surface area contributed by atoms with Gasteiger partial charge in [0.15, 0.2) is 5.03 Å². The Kier molecular flexibility index (Phi) is 5.55. The first-order chi connectivity index (χ1) is 13.9. The van der Waals surface area contributed by atoms with Gasteiger partial charge in [-0.05, 0) is 25.0 Å². The maximum Gasteiger partial charge on any atom is 0.262 e. The van der Waals surface area contributed by atoms with E-state index in [1.807, 2.05) is 4.90 Å². The minimum atomic E-state index is -3.59. The number of para-hydroxylation sites is 1. The van der Waals surface area contributed by atoms with Crippen LogP contribution in [0.1, 0.15) is 12.8 Å². The molecule has 0 spiro atoms.